The highest BCUT2D eigenvalue weighted by atomic mass is 79.9. The number of hydrogen-bond acceptors (Lipinski definition) is 2. The molecule has 0 radical (unpaired) electrons. The summed E-state index contributed by atoms with van der Waals surface area (Å²) >= 11 is 8.39. The van der Waals surface area contributed by atoms with E-state index in [0.717, 1.165) is 15.6 Å². The quantitative estimate of drug-likeness (QED) is 0.817. The third-order valence-electron chi connectivity index (χ3n) is 3.13. The third-order valence-corrected chi connectivity index (χ3v) is 3.85. The number of thiocarbonyl (C=S) groups is 1. The van der Waals surface area contributed by atoms with E-state index in [2.05, 4.69) is 21.2 Å². The zero-order valence-corrected chi connectivity index (χ0v) is 13.9. The highest BCUT2D eigenvalue weighted by molar-refractivity contribution is 9.10. The van der Waals surface area contributed by atoms with E-state index in [0.29, 0.717) is 17.7 Å². The normalized spacial score (nSPS) is 10.2. The van der Waals surface area contributed by atoms with E-state index in [1.54, 1.807) is 12.1 Å². The fraction of sp³-hybridized carbons (Fsp3) is 0.125. The summed E-state index contributed by atoms with van der Waals surface area (Å²) in [4.78, 5) is 12.5. The molecule has 3 nitrogen and oxygen atoms in total. The van der Waals surface area contributed by atoms with Crippen molar-refractivity contribution in [2.75, 3.05) is 5.32 Å². The molecule has 2 aromatic carbocycles. The largest absolute Gasteiger partial charge is 0.389 e. The van der Waals surface area contributed by atoms with Gasteiger partial charge in [-0.1, -0.05) is 52.4 Å². The van der Waals surface area contributed by atoms with Crippen molar-refractivity contribution in [1.29, 1.82) is 0 Å². The molecule has 0 saturated carbocycles. The SMILES string of the molecule is Cc1ccccc1CC(=O)Nc1cc(Br)ccc1C(N)=S. The zero-order valence-electron chi connectivity index (χ0n) is 11.5. The van der Waals surface area contributed by atoms with Crippen LogP contribution in [0.4, 0.5) is 5.69 Å². The van der Waals surface area contributed by atoms with E-state index < -0.39 is 0 Å². The van der Waals surface area contributed by atoms with Gasteiger partial charge < -0.3 is 11.1 Å². The predicted octanol–water partition coefficient (Wildman–Crippen LogP) is 3.57. The number of anilines is 1. The molecule has 0 heterocycles. The number of nitrogens with two attached hydrogens (primary N) is 1. The maximum absolute atomic E-state index is 12.2. The summed E-state index contributed by atoms with van der Waals surface area (Å²) in [6, 6.07) is 13.2. The van der Waals surface area contributed by atoms with Gasteiger partial charge in [0.15, 0.2) is 0 Å². The van der Waals surface area contributed by atoms with Crippen LogP contribution in [-0.4, -0.2) is 10.9 Å². The van der Waals surface area contributed by atoms with Crippen LogP contribution < -0.4 is 11.1 Å². The lowest BCUT2D eigenvalue weighted by molar-refractivity contribution is -0.115. The van der Waals surface area contributed by atoms with E-state index in [1.165, 1.54) is 0 Å². The first-order valence-electron chi connectivity index (χ1n) is 6.41. The molecule has 1 amide bonds. The lowest BCUT2D eigenvalue weighted by Gasteiger charge is -2.11. The fourth-order valence-corrected chi connectivity index (χ4v) is 2.55. The molecule has 0 aliphatic carbocycles. The number of rotatable bonds is 4. The average Bonchev–Trinajstić information content (AvgIpc) is 2.41. The van der Waals surface area contributed by atoms with Crippen LogP contribution >= 0.6 is 28.1 Å². The highest BCUT2D eigenvalue weighted by Crippen LogP contribution is 2.22. The van der Waals surface area contributed by atoms with Gasteiger partial charge in [-0.3, -0.25) is 4.79 Å². The topological polar surface area (TPSA) is 55.1 Å². The molecule has 5 heteroatoms. The Labute approximate surface area is 137 Å². The lowest BCUT2D eigenvalue weighted by atomic mass is 10.1. The Hall–Kier alpha value is -1.72. The first-order valence-corrected chi connectivity index (χ1v) is 7.61. The van der Waals surface area contributed by atoms with Crippen LogP contribution in [0.15, 0.2) is 46.9 Å². The molecule has 3 N–H and O–H groups in total. The Morgan fingerprint density at radius 1 is 1.29 bits per heavy atom. The molecule has 0 unspecified atom stereocenters. The molecule has 0 aromatic heterocycles. The number of halogens is 1. The zero-order chi connectivity index (χ0) is 15.4. The second kappa shape index (κ2) is 6.83. The van der Waals surface area contributed by atoms with Gasteiger partial charge in [-0.15, -0.1) is 0 Å². The molecule has 0 spiro atoms. The summed E-state index contributed by atoms with van der Waals surface area (Å²) in [5.41, 5.74) is 9.06. The monoisotopic (exact) mass is 362 g/mol. The summed E-state index contributed by atoms with van der Waals surface area (Å²) in [6.07, 6.45) is 0.315. The van der Waals surface area contributed by atoms with E-state index in [9.17, 15) is 4.79 Å². The van der Waals surface area contributed by atoms with Gasteiger partial charge in [0.2, 0.25) is 5.91 Å². The van der Waals surface area contributed by atoms with Gasteiger partial charge in [0, 0.05) is 10.0 Å². The molecule has 0 aliphatic heterocycles. The number of aryl methyl sites for hydroxylation is 1. The second-order valence-electron chi connectivity index (χ2n) is 4.71. The Morgan fingerprint density at radius 3 is 2.67 bits per heavy atom. The number of carbonyl (C=O) groups is 1. The molecule has 0 aliphatic rings. The van der Waals surface area contributed by atoms with Gasteiger partial charge in [-0.25, -0.2) is 0 Å². The molecular weight excluding hydrogens is 348 g/mol. The van der Waals surface area contributed by atoms with Gasteiger partial charge in [0.1, 0.15) is 4.99 Å². The standard InChI is InChI=1S/C16H15BrN2OS/c1-10-4-2-3-5-11(10)8-15(20)19-14-9-12(17)6-7-13(14)16(18)21/h2-7,9H,8H2,1H3,(H2,18,21)(H,19,20). The maximum atomic E-state index is 12.2. The van der Waals surface area contributed by atoms with Gasteiger partial charge >= 0.3 is 0 Å². The molecule has 0 saturated heterocycles. The molecule has 0 fully saturated rings. The number of benzene rings is 2. The minimum absolute atomic E-state index is 0.0973. The van der Waals surface area contributed by atoms with Crippen LogP contribution in [0, 0.1) is 6.92 Å². The fourth-order valence-electron chi connectivity index (χ4n) is 2.01. The van der Waals surface area contributed by atoms with Gasteiger partial charge in [-0.2, -0.15) is 0 Å². The lowest BCUT2D eigenvalue weighted by Crippen LogP contribution is -2.19. The van der Waals surface area contributed by atoms with Crippen molar-refractivity contribution in [1.82, 2.24) is 0 Å². The number of amides is 1. The summed E-state index contributed by atoms with van der Waals surface area (Å²) in [5, 5.41) is 2.87. The molecule has 2 aromatic rings. The smallest absolute Gasteiger partial charge is 0.228 e. The molecule has 2 rings (SSSR count). The minimum Gasteiger partial charge on any atom is -0.389 e. The summed E-state index contributed by atoms with van der Waals surface area (Å²) in [5.74, 6) is -0.0973. The number of hydrogen-bond donors (Lipinski definition) is 2. The summed E-state index contributed by atoms with van der Waals surface area (Å²) in [7, 11) is 0. The van der Waals surface area contributed by atoms with E-state index in [1.807, 2.05) is 37.3 Å². The minimum atomic E-state index is -0.0973. The Bertz CT molecular complexity index is 700. The van der Waals surface area contributed by atoms with Crippen LogP contribution in [0.25, 0.3) is 0 Å². The van der Waals surface area contributed by atoms with E-state index in [-0.39, 0.29) is 10.9 Å². The van der Waals surface area contributed by atoms with Crippen molar-refractivity contribution in [3.05, 3.63) is 63.6 Å². The molecule has 21 heavy (non-hydrogen) atoms. The van der Waals surface area contributed by atoms with Crippen molar-refractivity contribution >= 4 is 44.7 Å². The highest BCUT2D eigenvalue weighted by Gasteiger charge is 2.11. The van der Waals surface area contributed by atoms with Crippen LogP contribution in [-0.2, 0) is 11.2 Å². The Kier molecular flexibility index (Phi) is 5.09. The summed E-state index contributed by atoms with van der Waals surface area (Å²) < 4.78 is 0.855. The molecule has 108 valence electrons. The third kappa shape index (κ3) is 4.12. The van der Waals surface area contributed by atoms with Crippen molar-refractivity contribution in [3.8, 4) is 0 Å². The van der Waals surface area contributed by atoms with Gasteiger partial charge in [0.25, 0.3) is 0 Å². The van der Waals surface area contributed by atoms with Crippen molar-refractivity contribution in [2.45, 2.75) is 13.3 Å². The van der Waals surface area contributed by atoms with E-state index >= 15 is 0 Å². The van der Waals surface area contributed by atoms with Gasteiger partial charge in [-0.05, 0) is 36.2 Å². The Morgan fingerprint density at radius 2 is 2.00 bits per heavy atom. The number of carbonyl (C=O) groups excluding carboxylic acids is 1. The van der Waals surface area contributed by atoms with Crippen LogP contribution in [0.1, 0.15) is 16.7 Å². The summed E-state index contributed by atoms with van der Waals surface area (Å²) in [6.45, 7) is 1.99. The molecule has 0 bridgehead atoms. The van der Waals surface area contributed by atoms with Crippen molar-refractivity contribution in [2.24, 2.45) is 5.73 Å². The van der Waals surface area contributed by atoms with Crippen LogP contribution in [0.2, 0.25) is 0 Å². The second-order valence-corrected chi connectivity index (χ2v) is 6.06. The van der Waals surface area contributed by atoms with Gasteiger partial charge in [0.05, 0.1) is 12.1 Å². The Balaban J connectivity index is 2.18. The molecule has 0 atom stereocenters. The average molecular weight is 363 g/mol. The first kappa shape index (κ1) is 15.7. The van der Waals surface area contributed by atoms with Crippen molar-refractivity contribution < 1.29 is 4.79 Å². The predicted molar refractivity (Wildman–Crippen MR) is 93.5 cm³/mol. The maximum Gasteiger partial charge on any atom is 0.228 e. The molecular formula is C16H15BrN2OS. The van der Waals surface area contributed by atoms with Crippen LogP contribution in [0.3, 0.4) is 0 Å². The van der Waals surface area contributed by atoms with Crippen LogP contribution in [0.5, 0.6) is 0 Å². The first-order chi connectivity index (χ1) is 9.97. The van der Waals surface area contributed by atoms with Crippen molar-refractivity contribution in [3.63, 3.8) is 0 Å². The number of nitrogens with one attached hydrogen (secondary N) is 1. The van der Waals surface area contributed by atoms with E-state index in [4.69, 9.17) is 18.0 Å².